The van der Waals surface area contributed by atoms with Crippen LogP contribution in [-0.4, -0.2) is 79.9 Å². The molecule has 37 heavy (non-hydrogen) atoms. The molecule has 1 aromatic carbocycles. The van der Waals surface area contributed by atoms with Crippen LogP contribution >= 0.6 is 11.6 Å². The zero-order chi connectivity index (χ0) is 26.4. The van der Waals surface area contributed by atoms with Crippen LogP contribution in [0, 0.1) is 5.92 Å². The maximum absolute atomic E-state index is 13.2. The Labute approximate surface area is 222 Å². The van der Waals surface area contributed by atoms with Crippen molar-refractivity contribution in [3.63, 3.8) is 0 Å². The average molecular weight is 547 g/mol. The first-order chi connectivity index (χ1) is 17.8. The number of pyridine rings is 1. The lowest BCUT2D eigenvalue weighted by Crippen LogP contribution is -2.61. The molecule has 9 nitrogen and oxygen atoms in total. The molecule has 0 bridgehead atoms. The summed E-state index contributed by atoms with van der Waals surface area (Å²) in [5, 5.41) is 1.60. The van der Waals surface area contributed by atoms with Crippen molar-refractivity contribution in [1.82, 2.24) is 14.2 Å². The van der Waals surface area contributed by atoms with Crippen molar-refractivity contribution in [3.8, 4) is 0 Å². The molecule has 0 saturated carbocycles. The molecule has 0 N–H and O–H groups in total. The van der Waals surface area contributed by atoms with E-state index in [9.17, 15) is 18.0 Å². The van der Waals surface area contributed by atoms with Crippen molar-refractivity contribution in [3.05, 3.63) is 64.8 Å². The van der Waals surface area contributed by atoms with Crippen LogP contribution in [0.5, 0.6) is 0 Å². The van der Waals surface area contributed by atoms with E-state index < -0.39 is 27.9 Å². The SMILES string of the molecule is CCOC(=O)C1CN(S(=O)(=O)C=Cc2ccc(Cl)cc2)CC(=O)N1CC1CCN(c2ccncc2)CC1. The van der Waals surface area contributed by atoms with Gasteiger partial charge in [0.05, 0.1) is 13.2 Å². The molecular weight excluding hydrogens is 516 g/mol. The van der Waals surface area contributed by atoms with Gasteiger partial charge in [-0.05, 0) is 61.6 Å². The van der Waals surface area contributed by atoms with Crippen LogP contribution in [0.1, 0.15) is 25.3 Å². The van der Waals surface area contributed by atoms with E-state index in [-0.39, 0.29) is 25.6 Å². The normalized spacial score (nSPS) is 19.9. The second-order valence-electron chi connectivity index (χ2n) is 9.14. The van der Waals surface area contributed by atoms with Crippen LogP contribution in [0.2, 0.25) is 5.02 Å². The summed E-state index contributed by atoms with van der Waals surface area (Å²) in [6.07, 6.45) is 6.68. The van der Waals surface area contributed by atoms with Gasteiger partial charge in [-0.15, -0.1) is 0 Å². The minimum Gasteiger partial charge on any atom is -0.464 e. The molecule has 1 unspecified atom stereocenters. The monoisotopic (exact) mass is 546 g/mol. The quantitative estimate of drug-likeness (QED) is 0.469. The Balaban J connectivity index is 1.44. The number of carbonyl (C=O) groups is 2. The first kappa shape index (κ1) is 27.1. The second-order valence-corrected chi connectivity index (χ2v) is 11.4. The molecule has 0 radical (unpaired) electrons. The fourth-order valence-corrected chi connectivity index (χ4v) is 5.93. The highest BCUT2D eigenvalue weighted by Gasteiger charge is 2.42. The van der Waals surface area contributed by atoms with E-state index >= 15 is 0 Å². The summed E-state index contributed by atoms with van der Waals surface area (Å²) < 4.78 is 32.4. The predicted molar refractivity (Wildman–Crippen MR) is 142 cm³/mol. The van der Waals surface area contributed by atoms with E-state index in [1.807, 2.05) is 12.1 Å². The van der Waals surface area contributed by atoms with Gasteiger partial charge >= 0.3 is 5.97 Å². The summed E-state index contributed by atoms with van der Waals surface area (Å²) in [6, 6.07) is 9.67. The average Bonchev–Trinajstić information content (AvgIpc) is 2.90. The van der Waals surface area contributed by atoms with E-state index in [1.54, 1.807) is 43.6 Å². The third-order valence-electron chi connectivity index (χ3n) is 6.70. The number of piperidine rings is 1. The van der Waals surface area contributed by atoms with Crippen molar-refractivity contribution in [2.75, 3.05) is 44.2 Å². The van der Waals surface area contributed by atoms with Gasteiger partial charge in [0.15, 0.2) is 0 Å². The second kappa shape index (κ2) is 12.1. The van der Waals surface area contributed by atoms with E-state index in [0.29, 0.717) is 17.1 Å². The molecule has 0 aliphatic carbocycles. The fraction of sp³-hybridized carbons (Fsp3) is 0.423. The van der Waals surface area contributed by atoms with Crippen molar-refractivity contribution < 1.29 is 22.7 Å². The number of carbonyl (C=O) groups excluding carboxylic acids is 2. The van der Waals surface area contributed by atoms with Gasteiger partial charge < -0.3 is 14.5 Å². The molecule has 2 saturated heterocycles. The van der Waals surface area contributed by atoms with Gasteiger partial charge in [0.25, 0.3) is 0 Å². The van der Waals surface area contributed by atoms with Gasteiger partial charge in [-0.1, -0.05) is 23.7 Å². The number of halogens is 1. The number of ether oxygens (including phenoxy) is 1. The maximum Gasteiger partial charge on any atom is 0.330 e. The van der Waals surface area contributed by atoms with Crippen LogP contribution in [0.3, 0.4) is 0 Å². The van der Waals surface area contributed by atoms with Crippen LogP contribution in [-0.2, 0) is 24.3 Å². The molecule has 2 aliphatic rings. The first-order valence-corrected chi connectivity index (χ1v) is 14.2. The summed E-state index contributed by atoms with van der Waals surface area (Å²) in [5.74, 6) is -0.789. The smallest absolute Gasteiger partial charge is 0.330 e. The molecule has 2 aromatic rings. The molecule has 1 amide bonds. The lowest BCUT2D eigenvalue weighted by molar-refractivity contribution is -0.158. The fourth-order valence-electron chi connectivity index (χ4n) is 4.67. The largest absolute Gasteiger partial charge is 0.464 e. The number of rotatable bonds is 8. The van der Waals surface area contributed by atoms with Gasteiger partial charge in [0, 0.05) is 54.7 Å². The number of anilines is 1. The molecule has 2 fully saturated rings. The molecular formula is C26H31ClN4O5S. The Kier molecular flexibility index (Phi) is 8.83. The van der Waals surface area contributed by atoms with Crippen LogP contribution in [0.15, 0.2) is 54.2 Å². The number of esters is 1. The molecule has 3 heterocycles. The number of hydrogen-bond acceptors (Lipinski definition) is 7. The number of sulfonamides is 1. The molecule has 1 aromatic heterocycles. The van der Waals surface area contributed by atoms with Gasteiger partial charge in [-0.2, -0.15) is 4.31 Å². The molecule has 4 rings (SSSR count). The van der Waals surface area contributed by atoms with Crippen molar-refractivity contribution >= 4 is 45.3 Å². The molecule has 0 spiro atoms. The van der Waals surface area contributed by atoms with Crippen LogP contribution < -0.4 is 4.90 Å². The van der Waals surface area contributed by atoms with Crippen molar-refractivity contribution in [1.29, 1.82) is 0 Å². The lowest BCUT2D eigenvalue weighted by atomic mass is 9.94. The standard InChI is InChI=1S/C26H31ClN4O5S/c1-2-36-26(33)24-18-30(37(34,35)16-11-20-3-5-22(27)6-4-20)19-25(32)31(24)17-21-9-14-29(15-10-21)23-7-12-28-13-8-23/h3-8,11-13,16,21,24H,2,9-10,14-15,17-19H2,1H3. The van der Waals surface area contributed by atoms with Gasteiger partial charge in [-0.25, -0.2) is 13.2 Å². The lowest BCUT2D eigenvalue weighted by Gasteiger charge is -2.42. The summed E-state index contributed by atoms with van der Waals surface area (Å²) in [7, 11) is -3.95. The zero-order valence-corrected chi connectivity index (χ0v) is 22.3. The van der Waals surface area contributed by atoms with Gasteiger partial charge in [-0.3, -0.25) is 9.78 Å². The topological polar surface area (TPSA) is 100 Å². The van der Waals surface area contributed by atoms with Crippen LogP contribution in [0.4, 0.5) is 5.69 Å². The molecule has 1 atom stereocenters. The van der Waals surface area contributed by atoms with E-state index in [4.69, 9.17) is 16.3 Å². The Morgan fingerprint density at radius 1 is 1.14 bits per heavy atom. The number of piperazine rings is 1. The van der Waals surface area contributed by atoms with Gasteiger partial charge in [0.2, 0.25) is 15.9 Å². The highest BCUT2D eigenvalue weighted by atomic mass is 35.5. The Morgan fingerprint density at radius 2 is 1.81 bits per heavy atom. The zero-order valence-electron chi connectivity index (χ0n) is 20.7. The van der Waals surface area contributed by atoms with Crippen molar-refractivity contribution in [2.45, 2.75) is 25.8 Å². The molecule has 2 aliphatic heterocycles. The van der Waals surface area contributed by atoms with Crippen molar-refractivity contribution in [2.24, 2.45) is 5.92 Å². The summed E-state index contributed by atoms with van der Waals surface area (Å²) in [5.41, 5.74) is 1.76. The van der Waals surface area contributed by atoms with Gasteiger partial charge in [0.1, 0.15) is 6.04 Å². The Hall–Kier alpha value is -2.95. The van der Waals surface area contributed by atoms with E-state index in [1.165, 1.54) is 11.0 Å². The van der Waals surface area contributed by atoms with Crippen LogP contribution in [0.25, 0.3) is 6.08 Å². The highest BCUT2D eigenvalue weighted by Crippen LogP contribution is 2.26. The number of hydrogen-bond donors (Lipinski definition) is 0. The molecule has 11 heteroatoms. The third-order valence-corrected chi connectivity index (χ3v) is 8.43. The summed E-state index contributed by atoms with van der Waals surface area (Å²) >= 11 is 5.89. The minimum absolute atomic E-state index is 0.144. The number of amides is 1. The summed E-state index contributed by atoms with van der Waals surface area (Å²) in [4.78, 5) is 33.9. The first-order valence-electron chi connectivity index (χ1n) is 12.3. The van der Waals surface area contributed by atoms with E-state index in [0.717, 1.165) is 41.3 Å². The van der Waals surface area contributed by atoms with E-state index in [2.05, 4.69) is 9.88 Å². The Bertz CT molecular complexity index is 1220. The number of nitrogens with zero attached hydrogens (tertiary/aromatic N) is 4. The number of aromatic nitrogens is 1. The Morgan fingerprint density at radius 3 is 2.46 bits per heavy atom. The summed E-state index contributed by atoms with van der Waals surface area (Å²) in [6.45, 7) is 3.41. The maximum atomic E-state index is 13.2. The highest BCUT2D eigenvalue weighted by molar-refractivity contribution is 7.92. The molecule has 198 valence electrons. The minimum atomic E-state index is -3.95. The third kappa shape index (κ3) is 6.88. The number of benzene rings is 1. The predicted octanol–water partition coefficient (Wildman–Crippen LogP) is 3.03.